The fraction of sp³-hybridized carbons (Fsp3) is 0.273. The van der Waals surface area contributed by atoms with Gasteiger partial charge in [-0.15, -0.1) is 10.2 Å². The molecule has 0 saturated carbocycles. The zero-order valence-electron chi connectivity index (χ0n) is 17.8. The standard InChI is InChI=1S/C22H23Cl2N5O2S/c1-13(2)19(26-21(31)14-9-10-16(23)17(24)11-14)20-27-28-22(29(20)3)32-12-18(30)25-15-7-5-4-6-8-15/h4-11,13,19H,12H2,1-3H3,(H,25,30)(H,26,31)/t19-/m0/s1. The second-order valence-corrected chi connectivity index (χ2v) is 9.18. The summed E-state index contributed by atoms with van der Waals surface area (Å²) in [7, 11) is 1.81. The predicted octanol–water partition coefficient (Wildman–Crippen LogP) is 4.98. The molecular weight excluding hydrogens is 469 g/mol. The van der Waals surface area contributed by atoms with Crippen LogP contribution in [0.2, 0.25) is 10.0 Å². The van der Waals surface area contributed by atoms with Crippen molar-refractivity contribution in [3.63, 3.8) is 0 Å². The van der Waals surface area contributed by atoms with Gasteiger partial charge in [0.25, 0.3) is 5.91 Å². The summed E-state index contributed by atoms with van der Waals surface area (Å²) < 4.78 is 1.79. The summed E-state index contributed by atoms with van der Waals surface area (Å²) in [6.45, 7) is 3.96. The molecule has 0 unspecified atom stereocenters. The van der Waals surface area contributed by atoms with Gasteiger partial charge in [-0.05, 0) is 36.2 Å². The van der Waals surface area contributed by atoms with Crippen molar-refractivity contribution in [1.82, 2.24) is 20.1 Å². The monoisotopic (exact) mass is 491 g/mol. The van der Waals surface area contributed by atoms with E-state index in [-0.39, 0.29) is 29.5 Å². The van der Waals surface area contributed by atoms with E-state index in [1.165, 1.54) is 17.8 Å². The van der Waals surface area contributed by atoms with Crippen LogP contribution in [0.1, 0.15) is 36.1 Å². The Bertz CT molecular complexity index is 1100. The van der Waals surface area contributed by atoms with Crippen LogP contribution in [0.3, 0.4) is 0 Å². The van der Waals surface area contributed by atoms with Crippen LogP contribution in [0.5, 0.6) is 0 Å². The smallest absolute Gasteiger partial charge is 0.251 e. The molecule has 1 atom stereocenters. The number of thioether (sulfide) groups is 1. The molecule has 3 aromatic rings. The van der Waals surface area contributed by atoms with Crippen LogP contribution in [0.4, 0.5) is 5.69 Å². The number of carbonyl (C=O) groups excluding carboxylic acids is 2. The Hall–Kier alpha value is -2.55. The number of nitrogens with zero attached hydrogens (tertiary/aromatic N) is 3. The van der Waals surface area contributed by atoms with E-state index < -0.39 is 0 Å². The third kappa shape index (κ3) is 6.03. The van der Waals surface area contributed by atoms with Gasteiger partial charge in [-0.1, -0.05) is 67.0 Å². The van der Waals surface area contributed by atoms with Crippen molar-refractivity contribution in [2.75, 3.05) is 11.1 Å². The number of carbonyl (C=O) groups is 2. The van der Waals surface area contributed by atoms with E-state index in [4.69, 9.17) is 23.2 Å². The molecule has 2 amide bonds. The molecule has 168 valence electrons. The zero-order chi connectivity index (χ0) is 23.3. The summed E-state index contributed by atoms with van der Waals surface area (Å²) in [6.07, 6.45) is 0. The highest BCUT2D eigenvalue weighted by Crippen LogP contribution is 2.26. The molecule has 3 rings (SSSR count). The average molecular weight is 492 g/mol. The molecule has 0 aliphatic carbocycles. The normalized spacial score (nSPS) is 11.9. The van der Waals surface area contributed by atoms with Gasteiger partial charge in [-0.2, -0.15) is 0 Å². The quantitative estimate of drug-likeness (QED) is 0.433. The predicted molar refractivity (Wildman–Crippen MR) is 128 cm³/mol. The highest BCUT2D eigenvalue weighted by molar-refractivity contribution is 7.99. The summed E-state index contributed by atoms with van der Waals surface area (Å²) >= 11 is 13.3. The van der Waals surface area contributed by atoms with Crippen LogP contribution in [-0.2, 0) is 11.8 Å². The first kappa shape index (κ1) is 24.1. The lowest BCUT2D eigenvalue weighted by molar-refractivity contribution is -0.113. The summed E-state index contributed by atoms with van der Waals surface area (Å²) in [5.41, 5.74) is 1.14. The fourth-order valence-electron chi connectivity index (χ4n) is 2.96. The molecule has 0 fully saturated rings. The molecule has 0 aliphatic heterocycles. The average Bonchev–Trinajstić information content (AvgIpc) is 3.12. The highest BCUT2D eigenvalue weighted by atomic mass is 35.5. The first-order valence-electron chi connectivity index (χ1n) is 9.89. The molecule has 0 spiro atoms. The molecule has 1 heterocycles. The Kier molecular flexibility index (Phi) is 8.17. The molecule has 0 bridgehead atoms. The van der Waals surface area contributed by atoms with Gasteiger partial charge in [0.2, 0.25) is 5.91 Å². The second-order valence-electron chi connectivity index (χ2n) is 7.43. The molecule has 2 aromatic carbocycles. The maximum atomic E-state index is 12.8. The van der Waals surface area contributed by atoms with Gasteiger partial charge in [0.05, 0.1) is 21.8 Å². The highest BCUT2D eigenvalue weighted by Gasteiger charge is 2.25. The van der Waals surface area contributed by atoms with E-state index >= 15 is 0 Å². The number of benzene rings is 2. The van der Waals surface area contributed by atoms with Gasteiger partial charge >= 0.3 is 0 Å². The third-order valence-corrected chi connectivity index (χ3v) is 6.43. The minimum absolute atomic E-state index is 0.0452. The lowest BCUT2D eigenvalue weighted by Crippen LogP contribution is -2.33. The number of halogens is 2. The molecule has 1 aromatic heterocycles. The summed E-state index contributed by atoms with van der Waals surface area (Å²) in [4.78, 5) is 25.0. The van der Waals surface area contributed by atoms with E-state index in [0.717, 1.165) is 5.69 Å². The van der Waals surface area contributed by atoms with Crippen LogP contribution < -0.4 is 10.6 Å². The Morgan fingerprint density at radius 2 is 1.78 bits per heavy atom. The largest absolute Gasteiger partial charge is 0.342 e. The number of hydrogen-bond donors (Lipinski definition) is 2. The van der Waals surface area contributed by atoms with Crippen molar-refractivity contribution in [3.05, 3.63) is 70.0 Å². The minimum Gasteiger partial charge on any atom is -0.342 e. The van der Waals surface area contributed by atoms with Crippen molar-refractivity contribution in [2.24, 2.45) is 13.0 Å². The van der Waals surface area contributed by atoms with Gasteiger partial charge in [0.1, 0.15) is 0 Å². The number of rotatable bonds is 8. The molecule has 32 heavy (non-hydrogen) atoms. The Labute approximate surface area is 200 Å². The number of nitrogens with one attached hydrogen (secondary N) is 2. The number of para-hydroxylation sites is 1. The molecule has 7 nitrogen and oxygen atoms in total. The molecular formula is C22H23Cl2N5O2S. The van der Waals surface area contributed by atoms with E-state index in [0.29, 0.717) is 26.6 Å². The summed E-state index contributed by atoms with van der Waals surface area (Å²) in [6, 6.07) is 13.6. The van der Waals surface area contributed by atoms with E-state index in [9.17, 15) is 9.59 Å². The maximum absolute atomic E-state index is 12.8. The van der Waals surface area contributed by atoms with Crippen LogP contribution in [0.15, 0.2) is 53.7 Å². The van der Waals surface area contributed by atoms with E-state index in [1.807, 2.05) is 51.2 Å². The lowest BCUT2D eigenvalue weighted by Gasteiger charge is -2.22. The maximum Gasteiger partial charge on any atom is 0.251 e. The molecule has 2 N–H and O–H groups in total. The van der Waals surface area contributed by atoms with E-state index in [2.05, 4.69) is 20.8 Å². The van der Waals surface area contributed by atoms with Crippen molar-refractivity contribution < 1.29 is 9.59 Å². The van der Waals surface area contributed by atoms with E-state index in [1.54, 1.807) is 16.7 Å². The number of hydrogen-bond acceptors (Lipinski definition) is 5. The SMILES string of the molecule is CC(C)[C@H](NC(=O)c1ccc(Cl)c(Cl)c1)c1nnc(SCC(=O)Nc2ccccc2)n1C. The fourth-order valence-corrected chi connectivity index (χ4v) is 3.98. The molecule has 10 heteroatoms. The van der Waals surface area contributed by atoms with Crippen LogP contribution in [0.25, 0.3) is 0 Å². The van der Waals surface area contributed by atoms with Crippen molar-refractivity contribution in [3.8, 4) is 0 Å². The minimum atomic E-state index is -0.387. The third-order valence-electron chi connectivity index (χ3n) is 4.67. The Morgan fingerprint density at radius 3 is 2.44 bits per heavy atom. The number of anilines is 1. The zero-order valence-corrected chi connectivity index (χ0v) is 20.1. The summed E-state index contributed by atoms with van der Waals surface area (Å²) in [5.74, 6) is 0.395. The van der Waals surface area contributed by atoms with Gasteiger partial charge in [-0.25, -0.2) is 0 Å². The Balaban J connectivity index is 1.68. The molecule has 0 saturated heterocycles. The number of aromatic nitrogens is 3. The Morgan fingerprint density at radius 1 is 1.06 bits per heavy atom. The van der Waals surface area contributed by atoms with Crippen LogP contribution >= 0.6 is 35.0 Å². The van der Waals surface area contributed by atoms with Crippen LogP contribution in [-0.4, -0.2) is 32.3 Å². The van der Waals surface area contributed by atoms with Gasteiger partial charge in [0, 0.05) is 18.3 Å². The van der Waals surface area contributed by atoms with Crippen molar-refractivity contribution in [2.45, 2.75) is 25.0 Å². The first-order valence-corrected chi connectivity index (χ1v) is 11.6. The second kappa shape index (κ2) is 10.8. The molecule has 0 radical (unpaired) electrons. The van der Waals surface area contributed by atoms with Crippen molar-refractivity contribution in [1.29, 1.82) is 0 Å². The topological polar surface area (TPSA) is 88.9 Å². The molecule has 0 aliphatic rings. The van der Waals surface area contributed by atoms with Gasteiger partial charge in [-0.3, -0.25) is 9.59 Å². The van der Waals surface area contributed by atoms with Gasteiger partial charge < -0.3 is 15.2 Å². The summed E-state index contributed by atoms with van der Waals surface area (Å²) in [5, 5.41) is 15.6. The lowest BCUT2D eigenvalue weighted by atomic mass is 10.0. The number of amides is 2. The first-order chi connectivity index (χ1) is 15.3. The van der Waals surface area contributed by atoms with Crippen molar-refractivity contribution >= 4 is 52.5 Å². The van der Waals surface area contributed by atoms with Crippen LogP contribution in [0, 0.1) is 5.92 Å². The van der Waals surface area contributed by atoms with Gasteiger partial charge in [0.15, 0.2) is 11.0 Å².